The number of carbonyl (C=O) groups is 1. The van der Waals surface area contributed by atoms with Crippen LogP contribution in [0.3, 0.4) is 0 Å². The Morgan fingerprint density at radius 3 is 2.65 bits per heavy atom. The van der Waals surface area contributed by atoms with Gasteiger partial charge in [-0.2, -0.15) is 4.31 Å². The number of hydrogen-bond acceptors (Lipinski definition) is 6. The van der Waals surface area contributed by atoms with Gasteiger partial charge in [0.25, 0.3) is 0 Å². The van der Waals surface area contributed by atoms with E-state index in [2.05, 4.69) is 10.3 Å². The Kier molecular flexibility index (Phi) is 5.62. The molecule has 1 aliphatic heterocycles. The minimum absolute atomic E-state index is 0.0268. The summed E-state index contributed by atoms with van der Waals surface area (Å²) in [6, 6.07) is 17.7. The summed E-state index contributed by atoms with van der Waals surface area (Å²) in [6.07, 6.45) is 1.56. The maximum Gasteiger partial charge on any atom is 0.248 e. The molecule has 1 aromatic heterocycles. The van der Waals surface area contributed by atoms with E-state index in [9.17, 15) is 13.2 Å². The molecule has 0 atom stereocenters. The second-order valence-electron chi connectivity index (χ2n) is 7.13. The maximum atomic E-state index is 13.2. The zero-order valence-electron chi connectivity index (χ0n) is 17.1. The van der Waals surface area contributed by atoms with E-state index >= 15 is 0 Å². The molecule has 1 N–H and O–H groups in total. The van der Waals surface area contributed by atoms with E-state index in [0.717, 1.165) is 15.6 Å². The van der Waals surface area contributed by atoms with E-state index in [-0.39, 0.29) is 18.1 Å². The number of pyridine rings is 1. The average Bonchev–Trinajstić information content (AvgIpc) is 2.77. The fourth-order valence-corrected chi connectivity index (χ4v) is 4.83. The van der Waals surface area contributed by atoms with Crippen molar-refractivity contribution in [1.82, 2.24) is 9.29 Å². The second kappa shape index (κ2) is 8.37. The van der Waals surface area contributed by atoms with Crippen LogP contribution in [0.15, 0.2) is 71.8 Å². The first kappa shape index (κ1) is 20.8. The highest BCUT2D eigenvalue weighted by molar-refractivity contribution is 7.89. The third kappa shape index (κ3) is 4.23. The number of nitrogens with one attached hydrogen (secondary N) is 1. The molecule has 0 aliphatic carbocycles. The van der Waals surface area contributed by atoms with E-state index in [1.807, 2.05) is 31.2 Å². The van der Waals surface area contributed by atoms with Gasteiger partial charge in [-0.3, -0.25) is 4.79 Å². The van der Waals surface area contributed by atoms with Gasteiger partial charge < -0.3 is 15.0 Å². The molecular formula is C22H22N4O4S. The van der Waals surface area contributed by atoms with Gasteiger partial charge in [0.2, 0.25) is 15.9 Å². The number of amides is 1. The highest BCUT2D eigenvalue weighted by atomic mass is 32.2. The first-order valence-electron chi connectivity index (χ1n) is 9.62. The molecule has 2 heterocycles. The number of anilines is 3. The quantitative estimate of drug-likeness (QED) is 0.658. The molecular weight excluding hydrogens is 416 g/mol. The summed E-state index contributed by atoms with van der Waals surface area (Å²) in [6.45, 7) is 1.61. The van der Waals surface area contributed by atoms with Crippen molar-refractivity contribution in [3.8, 4) is 5.75 Å². The van der Waals surface area contributed by atoms with Gasteiger partial charge in [0.1, 0.15) is 10.6 Å². The van der Waals surface area contributed by atoms with Crippen LogP contribution in [0.4, 0.5) is 17.2 Å². The Labute approximate surface area is 181 Å². The number of sulfonamides is 1. The van der Waals surface area contributed by atoms with E-state index in [1.165, 1.54) is 13.2 Å². The summed E-state index contributed by atoms with van der Waals surface area (Å²) >= 11 is 0. The van der Waals surface area contributed by atoms with Crippen molar-refractivity contribution in [3.63, 3.8) is 0 Å². The normalized spacial score (nSPS) is 15.2. The molecule has 0 fully saturated rings. The van der Waals surface area contributed by atoms with E-state index in [1.54, 1.807) is 41.4 Å². The maximum absolute atomic E-state index is 13.2. The predicted molar refractivity (Wildman–Crippen MR) is 118 cm³/mol. The molecule has 31 heavy (non-hydrogen) atoms. The van der Waals surface area contributed by atoms with Gasteiger partial charge in [-0.05, 0) is 43.3 Å². The molecule has 0 bridgehead atoms. The highest BCUT2D eigenvalue weighted by Crippen LogP contribution is 2.36. The van der Waals surface area contributed by atoms with Gasteiger partial charge in [0, 0.05) is 23.6 Å². The van der Waals surface area contributed by atoms with Gasteiger partial charge >= 0.3 is 0 Å². The summed E-state index contributed by atoms with van der Waals surface area (Å²) in [5.41, 5.74) is 2.40. The van der Waals surface area contributed by atoms with Crippen LogP contribution in [-0.4, -0.2) is 43.9 Å². The van der Waals surface area contributed by atoms with Gasteiger partial charge in [-0.25, -0.2) is 13.4 Å². The third-order valence-electron chi connectivity index (χ3n) is 4.94. The fraction of sp³-hybridized carbons (Fsp3) is 0.182. The molecule has 0 radical (unpaired) electrons. The molecule has 0 saturated heterocycles. The van der Waals surface area contributed by atoms with Crippen LogP contribution in [-0.2, 0) is 14.8 Å². The summed E-state index contributed by atoms with van der Waals surface area (Å²) in [7, 11) is -2.35. The summed E-state index contributed by atoms with van der Waals surface area (Å²) < 4.78 is 32.7. The molecule has 0 unspecified atom stereocenters. The molecule has 160 valence electrons. The van der Waals surface area contributed by atoms with Crippen LogP contribution in [0.1, 0.15) is 5.56 Å². The Hall–Kier alpha value is -3.43. The van der Waals surface area contributed by atoms with Crippen molar-refractivity contribution < 1.29 is 17.9 Å². The Balaban J connectivity index is 1.63. The fourth-order valence-electron chi connectivity index (χ4n) is 3.35. The molecule has 0 spiro atoms. The van der Waals surface area contributed by atoms with Crippen molar-refractivity contribution in [2.45, 2.75) is 11.8 Å². The van der Waals surface area contributed by atoms with Crippen molar-refractivity contribution >= 4 is 33.1 Å². The summed E-state index contributed by atoms with van der Waals surface area (Å²) in [5.74, 6) is 0.484. The van der Waals surface area contributed by atoms with Crippen LogP contribution in [0.2, 0.25) is 0 Å². The van der Waals surface area contributed by atoms with Crippen molar-refractivity contribution in [2.75, 3.05) is 30.5 Å². The molecule has 3 aromatic rings. The molecule has 8 nitrogen and oxygen atoms in total. The molecule has 1 amide bonds. The van der Waals surface area contributed by atoms with Crippen molar-refractivity contribution in [2.24, 2.45) is 0 Å². The number of aromatic nitrogens is 1. The largest absolute Gasteiger partial charge is 0.497 e. The molecule has 4 rings (SSSR count). The first-order chi connectivity index (χ1) is 14.9. The van der Waals surface area contributed by atoms with E-state index in [0.29, 0.717) is 17.3 Å². The van der Waals surface area contributed by atoms with Gasteiger partial charge in [-0.15, -0.1) is 0 Å². The summed E-state index contributed by atoms with van der Waals surface area (Å²) in [4.78, 5) is 18.8. The number of nitrogens with zero attached hydrogens (tertiary/aromatic N) is 3. The molecule has 1 aliphatic rings. The molecule has 9 heteroatoms. The minimum Gasteiger partial charge on any atom is -0.497 e. The number of carbonyl (C=O) groups excluding carboxylic acids is 1. The second-order valence-corrected chi connectivity index (χ2v) is 9.03. The first-order valence-corrected chi connectivity index (χ1v) is 11.1. The lowest BCUT2D eigenvalue weighted by Gasteiger charge is -2.36. The van der Waals surface area contributed by atoms with Crippen LogP contribution in [0.5, 0.6) is 5.75 Å². The van der Waals surface area contributed by atoms with Crippen molar-refractivity contribution in [3.05, 3.63) is 72.4 Å². The number of fused-ring (bicyclic) bond motifs is 1. The van der Waals surface area contributed by atoms with Gasteiger partial charge in [0.15, 0.2) is 5.82 Å². The van der Waals surface area contributed by atoms with Crippen LogP contribution in [0.25, 0.3) is 0 Å². The molecule has 2 aromatic carbocycles. The van der Waals surface area contributed by atoms with Crippen LogP contribution in [0, 0.1) is 6.92 Å². The Morgan fingerprint density at radius 1 is 1.13 bits per heavy atom. The zero-order chi connectivity index (χ0) is 22.0. The standard InChI is InChI=1S/C22H22N4O4S/c1-16-8-10-18(11-9-16)26-15-25(31(28,29)20-7-4-12-23-22(20)26)14-21(27)24-17-5-3-6-19(13-17)30-2/h3-13H,14-15H2,1-2H3,(H,24,27). The van der Waals surface area contributed by atoms with Gasteiger partial charge in [-0.1, -0.05) is 23.8 Å². The number of aryl methyl sites for hydroxylation is 1. The minimum atomic E-state index is -3.89. The number of ether oxygens (including phenoxy) is 1. The van der Waals surface area contributed by atoms with E-state index in [4.69, 9.17) is 4.74 Å². The third-order valence-corrected chi connectivity index (χ3v) is 6.74. The number of rotatable bonds is 5. The topological polar surface area (TPSA) is 91.8 Å². The lowest BCUT2D eigenvalue weighted by Crippen LogP contribution is -2.47. The van der Waals surface area contributed by atoms with Crippen LogP contribution < -0.4 is 15.0 Å². The average molecular weight is 439 g/mol. The number of hydrogen-bond donors (Lipinski definition) is 1. The van der Waals surface area contributed by atoms with E-state index < -0.39 is 15.9 Å². The van der Waals surface area contributed by atoms with Crippen LogP contribution >= 0.6 is 0 Å². The lowest BCUT2D eigenvalue weighted by atomic mass is 10.2. The smallest absolute Gasteiger partial charge is 0.248 e. The molecule has 0 saturated carbocycles. The number of methoxy groups -OCH3 is 1. The SMILES string of the molecule is COc1cccc(NC(=O)CN2CN(c3ccc(C)cc3)c3ncccc3S2(=O)=O)c1. The summed E-state index contributed by atoms with van der Waals surface area (Å²) in [5, 5.41) is 2.73. The highest BCUT2D eigenvalue weighted by Gasteiger charge is 2.37. The zero-order valence-corrected chi connectivity index (χ0v) is 18.0. The monoisotopic (exact) mass is 438 g/mol. The predicted octanol–water partition coefficient (Wildman–Crippen LogP) is 3.14. The Bertz CT molecular complexity index is 1210. The lowest BCUT2D eigenvalue weighted by molar-refractivity contribution is -0.116. The van der Waals surface area contributed by atoms with Gasteiger partial charge in [0.05, 0.1) is 20.3 Å². The number of benzene rings is 2. The Morgan fingerprint density at radius 2 is 1.90 bits per heavy atom. The van der Waals surface area contributed by atoms with Crippen molar-refractivity contribution in [1.29, 1.82) is 0 Å².